The average Bonchev–Trinajstić information content (AvgIpc) is 2.56. The summed E-state index contributed by atoms with van der Waals surface area (Å²) in [6.45, 7) is 2.86. The van der Waals surface area contributed by atoms with Crippen LogP contribution in [0.2, 0.25) is 5.02 Å². The van der Waals surface area contributed by atoms with Crippen molar-refractivity contribution >= 4 is 29.1 Å². The van der Waals surface area contributed by atoms with Gasteiger partial charge >= 0.3 is 0 Å². The van der Waals surface area contributed by atoms with Crippen molar-refractivity contribution in [2.75, 3.05) is 23.8 Å². The van der Waals surface area contributed by atoms with Crippen LogP contribution in [0, 0.1) is 0 Å². The molecular weight excluding hydrogens is 316 g/mol. The van der Waals surface area contributed by atoms with Crippen LogP contribution < -0.4 is 15.4 Å². The van der Waals surface area contributed by atoms with E-state index in [-0.39, 0.29) is 12.5 Å². The van der Waals surface area contributed by atoms with Crippen molar-refractivity contribution in [2.24, 2.45) is 0 Å². The summed E-state index contributed by atoms with van der Waals surface area (Å²) in [5.74, 6) is 1.34. The monoisotopic (exact) mass is 334 g/mol. The molecule has 1 amide bonds. The van der Waals surface area contributed by atoms with Gasteiger partial charge in [-0.2, -0.15) is 0 Å². The lowest BCUT2D eigenvalue weighted by molar-refractivity contribution is -0.118. The molecule has 122 valence electrons. The summed E-state index contributed by atoms with van der Waals surface area (Å²) < 4.78 is 5.35. The number of carbonyl (C=O) groups is 1. The number of anilines is 2. The van der Waals surface area contributed by atoms with Gasteiger partial charge in [-0.1, -0.05) is 24.9 Å². The summed E-state index contributed by atoms with van der Waals surface area (Å²) in [5, 5.41) is 14.3. The van der Waals surface area contributed by atoms with E-state index >= 15 is 0 Å². The molecule has 0 unspecified atom stereocenters. The minimum absolute atomic E-state index is 0.111. The second-order valence-electron chi connectivity index (χ2n) is 4.87. The highest BCUT2D eigenvalue weighted by Gasteiger charge is 2.05. The highest BCUT2D eigenvalue weighted by atomic mass is 35.5. The lowest BCUT2D eigenvalue weighted by Gasteiger charge is -2.07. The quantitative estimate of drug-likeness (QED) is 0.724. The van der Waals surface area contributed by atoms with E-state index in [9.17, 15) is 4.79 Å². The summed E-state index contributed by atoms with van der Waals surface area (Å²) in [4.78, 5) is 11.8. The van der Waals surface area contributed by atoms with E-state index in [4.69, 9.17) is 16.3 Å². The van der Waals surface area contributed by atoms with Gasteiger partial charge in [-0.05, 0) is 42.8 Å². The van der Waals surface area contributed by atoms with Crippen LogP contribution in [0.5, 0.6) is 5.75 Å². The molecule has 0 aliphatic rings. The van der Waals surface area contributed by atoms with Gasteiger partial charge in [0.15, 0.2) is 12.4 Å². The Kier molecular flexibility index (Phi) is 6.62. The molecule has 7 heteroatoms. The predicted molar refractivity (Wildman–Crippen MR) is 91.0 cm³/mol. The summed E-state index contributed by atoms with van der Waals surface area (Å²) >= 11 is 5.78. The molecule has 0 fully saturated rings. The maximum absolute atomic E-state index is 11.8. The Labute approximate surface area is 140 Å². The Bertz CT molecular complexity index is 617. The lowest BCUT2D eigenvalue weighted by Crippen LogP contribution is -2.21. The van der Waals surface area contributed by atoms with Gasteiger partial charge in [0.05, 0.1) is 0 Å². The zero-order valence-corrected chi connectivity index (χ0v) is 13.6. The first kappa shape index (κ1) is 17.0. The molecule has 1 heterocycles. The number of hydrogen-bond acceptors (Lipinski definition) is 5. The molecule has 6 nitrogen and oxygen atoms in total. The van der Waals surface area contributed by atoms with E-state index in [1.807, 2.05) is 0 Å². The molecule has 0 bridgehead atoms. The van der Waals surface area contributed by atoms with Crippen LogP contribution in [-0.2, 0) is 4.79 Å². The third-order valence-corrected chi connectivity index (χ3v) is 3.20. The molecule has 0 aliphatic heterocycles. The fourth-order valence-electron chi connectivity index (χ4n) is 1.75. The zero-order valence-electron chi connectivity index (χ0n) is 12.9. The van der Waals surface area contributed by atoms with E-state index in [0.29, 0.717) is 22.4 Å². The van der Waals surface area contributed by atoms with E-state index in [1.54, 1.807) is 36.4 Å². The molecule has 0 aliphatic carbocycles. The number of nitrogens with zero attached hydrogens (tertiary/aromatic N) is 2. The van der Waals surface area contributed by atoms with Crippen molar-refractivity contribution in [3.8, 4) is 5.75 Å². The number of unbranched alkanes of at least 4 members (excludes halogenated alkanes) is 1. The summed E-state index contributed by atoms with van der Waals surface area (Å²) in [6.07, 6.45) is 2.18. The van der Waals surface area contributed by atoms with Crippen LogP contribution in [-0.4, -0.2) is 29.3 Å². The fourth-order valence-corrected chi connectivity index (χ4v) is 1.87. The first-order valence-electron chi connectivity index (χ1n) is 7.43. The first-order chi connectivity index (χ1) is 11.2. The highest BCUT2D eigenvalue weighted by molar-refractivity contribution is 6.30. The molecule has 1 aromatic heterocycles. The van der Waals surface area contributed by atoms with Crippen LogP contribution in [0.4, 0.5) is 11.6 Å². The van der Waals surface area contributed by atoms with Gasteiger partial charge in [0.25, 0.3) is 5.91 Å². The standard InChI is InChI=1S/C16H19ClN4O2/c1-2-3-10-18-14-8-9-15(21-20-14)19-16(22)11-23-13-6-4-12(17)5-7-13/h4-9H,2-3,10-11H2,1H3,(H,18,20)(H,19,21,22). The number of rotatable bonds is 8. The third kappa shape index (κ3) is 6.12. The number of carbonyl (C=O) groups excluding carboxylic acids is 1. The Morgan fingerprint density at radius 3 is 2.48 bits per heavy atom. The van der Waals surface area contributed by atoms with Crippen LogP contribution >= 0.6 is 11.6 Å². The van der Waals surface area contributed by atoms with E-state index in [0.717, 1.165) is 19.4 Å². The lowest BCUT2D eigenvalue weighted by atomic mass is 10.3. The van der Waals surface area contributed by atoms with Crippen LogP contribution in [0.15, 0.2) is 36.4 Å². The van der Waals surface area contributed by atoms with Gasteiger partial charge in [-0.25, -0.2) is 0 Å². The molecule has 0 saturated heterocycles. The molecule has 2 rings (SSSR count). The van der Waals surface area contributed by atoms with E-state index < -0.39 is 0 Å². The molecule has 0 saturated carbocycles. The van der Waals surface area contributed by atoms with Crippen LogP contribution in [0.1, 0.15) is 19.8 Å². The maximum Gasteiger partial charge on any atom is 0.263 e. The number of amides is 1. The van der Waals surface area contributed by atoms with Gasteiger partial charge in [0.1, 0.15) is 11.6 Å². The van der Waals surface area contributed by atoms with Gasteiger partial charge in [-0.3, -0.25) is 4.79 Å². The van der Waals surface area contributed by atoms with Gasteiger partial charge in [-0.15, -0.1) is 10.2 Å². The van der Waals surface area contributed by atoms with E-state index in [1.165, 1.54) is 0 Å². The summed E-state index contributed by atoms with van der Waals surface area (Å²) in [7, 11) is 0. The van der Waals surface area contributed by atoms with Crippen molar-refractivity contribution < 1.29 is 9.53 Å². The largest absolute Gasteiger partial charge is 0.484 e. The normalized spacial score (nSPS) is 10.2. The van der Waals surface area contributed by atoms with Crippen molar-refractivity contribution in [3.63, 3.8) is 0 Å². The van der Waals surface area contributed by atoms with Crippen molar-refractivity contribution in [3.05, 3.63) is 41.4 Å². The topological polar surface area (TPSA) is 76.1 Å². The van der Waals surface area contributed by atoms with Crippen LogP contribution in [0.3, 0.4) is 0 Å². The van der Waals surface area contributed by atoms with Gasteiger partial charge < -0.3 is 15.4 Å². The fraction of sp³-hybridized carbons (Fsp3) is 0.312. The van der Waals surface area contributed by atoms with Crippen molar-refractivity contribution in [1.29, 1.82) is 0 Å². The molecule has 0 spiro atoms. The Balaban J connectivity index is 1.77. The van der Waals surface area contributed by atoms with Gasteiger partial charge in [0.2, 0.25) is 0 Å². The maximum atomic E-state index is 11.8. The molecular formula is C16H19ClN4O2. The number of nitrogens with one attached hydrogen (secondary N) is 2. The first-order valence-corrected chi connectivity index (χ1v) is 7.81. The third-order valence-electron chi connectivity index (χ3n) is 2.95. The van der Waals surface area contributed by atoms with E-state index in [2.05, 4.69) is 27.8 Å². The minimum Gasteiger partial charge on any atom is -0.484 e. The van der Waals surface area contributed by atoms with Crippen LogP contribution in [0.25, 0.3) is 0 Å². The molecule has 2 aromatic rings. The smallest absolute Gasteiger partial charge is 0.263 e. The molecule has 1 aromatic carbocycles. The Morgan fingerprint density at radius 2 is 1.83 bits per heavy atom. The summed E-state index contributed by atoms with van der Waals surface area (Å²) in [5.41, 5.74) is 0. The van der Waals surface area contributed by atoms with Crippen molar-refractivity contribution in [1.82, 2.24) is 10.2 Å². The second kappa shape index (κ2) is 8.95. The predicted octanol–water partition coefficient (Wildman–Crippen LogP) is 3.36. The number of ether oxygens (including phenoxy) is 1. The molecule has 23 heavy (non-hydrogen) atoms. The average molecular weight is 335 g/mol. The van der Waals surface area contributed by atoms with Crippen molar-refractivity contribution in [2.45, 2.75) is 19.8 Å². The highest BCUT2D eigenvalue weighted by Crippen LogP contribution is 2.15. The number of benzene rings is 1. The Morgan fingerprint density at radius 1 is 1.13 bits per heavy atom. The Hall–Kier alpha value is -2.34. The molecule has 0 radical (unpaired) electrons. The number of aromatic nitrogens is 2. The minimum atomic E-state index is -0.305. The number of halogens is 1. The second-order valence-corrected chi connectivity index (χ2v) is 5.31. The van der Waals surface area contributed by atoms with Gasteiger partial charge in [0, 0.05) is 11.6 Å². The summed E-state index contributed by atoms with van der Waals surface area (Å²) in [6, 6.07) is 10.3. The number of hydrogen-bond donors (Lipinski definition) is 2. The molecule has 0 atom stereocenters. The zero-order chi connectivity index (χ0) is 16.5. The SMILES string of the molecule is CCCCNc1ccc(NC(=O)COc2ccc(Cl)cc2)nn1. The molecule has 2 N–H and O–H groups in total.